The standard InChI is InChI=1S/C41H57N9O8/c1-28-25-42-38-36(28)39(44-27-43-38)45-30-8-10-31(11-9-30)48-14-16-49(17-15-48)35(52)26-58-24-23-57-22-21-56-20-19-55-18-4-6-29-5-3-7-32-37(29)47(2)41(54)50(32)33-12-13-34(51)46-40(33)53/h3,5,7,25,27,30-31,33H,4,6,8-24,26H2,1-2H3,(H,46,51,53)(H2,42,43,44,45). The first-order valence-corrected chi connectivity index (χ1v) is 20.7. The van der Waals surface area contributed by atoms with E-state index in [1.165, 1.54) is 4.57 Å². The van der Waals surface area contributed by atoms with E-state index in [9.17, 15) is 19.2 Å². The van der Waals surface area contributed by atoms with Gasteiger partial charge in [0.2, 0.25) is 17.7 Å². The molecule has 3 aromatic heterocycles. The predicted molar refractivity (Wildman–Crippen MR) is 217 cm³/mol. The zero-order valence-electron chi connectivity index (χ0n) is 33.7. The molecule has 5 heterocycles. The minimum atomic E-state index is -0.704. The van der Waals surface area contributed by atoms with Crippen molar-refractivity contribution < 1.29 is 33.3 Å². The maximum Gasteiger partial charge on any atom is 0.329 e. The highest BCUT2D eigenvalue weighted by molar-refractivity contribution is 6.00. The van der Waals surface area contributed by atoms with E-state index in [0.29, 0.717) is 76.7 Å². The Hall–Kier alpha value is -4.68. The quantitative estimate of drug-likeness (QED) is 0.0931. The van der Waals surface area contributed by atoms with E-state index >= 15 is 0 Å². The molecular formula is C41H57N9O8. The van der Waals surface area contributed by atoms with Gasteiger partial charge in [-0.3, -0.25) is 33.7 Å². The SMILES string of the molecule is Cc1c[nH]c2ncnc(NC3CCC(N4CCN(C(=O)COCCOCCOCCOCCCc5cccc6c5n(C)c(=O)n6C5CCC(=O)NC5=O)CC4)CC3)c12. The molecule has 1 aromatic carbocycles. The minimum absolute atomic E-state index is 0.0265. The molecule has 17 heteroatoms. The Morgan fingerprint density at radius 2 is 1.59 bits per heavy atom. The Bertz CT molecular complexity index is 2080. The molecule has 0 radical (unpaired) electrons. The summed E-state index contributed by atoms with van der Waals surface area (Å²) < 4.78 is 25.7. The number of para-hydroxylation sites is 1. The van der Waals surface area contributed by atoms with Crippen LogP contribution in [0.3, 0.4) is 0 Å². The molecule has 7 rings (SSSR count). The lowest BCUT2D eigenvalue weighted by atomic mass is 9.89. The summed E-state index contributed by atoms with van der Waals surface area (Å²) in [6.45, 7) is 8.41. The average molecular weight is 804 g/mol. The first kappa shape index (κ1) is 41.5. The van der Waals surface area contributed by atoms with E-state index in [0.717, 1.165) is 91.8 Å². The van der Waals surface area contributed by atoms with Gasteiger partial charge < -0.3 is 34.1 Å². The zero-order chi connectivity index (χ0) is 40.4. The lowest BCUT2D eigenvalue weighted by molar-refractivity contribution is -0.139. The normalized spacial score (nSPS) is 20.6. The van der Waals surface area contributed by atoms with E-state index in [4.69, 9.17) is 18.9 Å². The molecule has 4 aromatic rings. The Morgan fingerprint density at radius 1 is 0.879 bits per heavy atom. The molecule has 3 amide bonds. The number of piperidine rings is 1. The Morgan fingerprint density at radius 3 is 2.31 bits per heavy atom. The highest BCUT2D eigenvalue weighted by Crippen LogP contribution is 2.29. The number of fused-ring (bicyclic) bond motifs is 2. The second-order valence-corrected chi connectivity index (χ2v) is 15.4. The number of imide groups is 1. The number of hydrogen-bond acceptors (Lipinski definition) is 12. The molecule has 1 unspecified atom stereocenters. The monoisotopic (exact) mass is 803 g/mol. The number of carbonyl (C=O) groups is 3. The molecule has 1 saturated carbocycles. The molecule has 0 bridgehead atoms. The fourth-order valence-electron chi connectivity index (χ4n) is 8.57. The Labute approximate surface area is 337 Å². The smallest absolute Gasteiger partial charge is 0.329 e. The number of piperazine rings is 1. The Balaban J connectivity index is 0.685. The first-order chi connectivity index (χ1) is 28.3. The molecule has 1 atom stereocenters. The summed E-state index contributed by atoms with van der Waals surface area (Å²) in [5.74, 6) is 0.189. The molecule has 3 N–H and O–H groups in total. The number of nitrogens with one attached hydrogen (secondary N) is 3. The third-order valence-corrected chi connectivity index (χ3v) is 11.7. The van der Waals surface area contributed by atoms with Gasteiger partial charge in [-0.1, -0.05) is 12.1 Å². The highest BCUT2D eigenvalue weighted by atomic mass is 16.6. The van der Waals surface area contributed by atoms with Crippen molar-refractivity contribution in [3.05, 3.63) is 52.3 Å². The number of ether oxygens (including phenoxy) is 4. The van der Waals surface area contributed by atoms with Crippen molar-refractivity contribution in [3.8, 4) is 0 Å². The summed E-state index contributed by atoms with van der Waals surface area (Å²) in [6, 6.07) is 5.96. The van der Waals surface area contributed by atoms with Crippen LogP contribution in [0.5, 0.6) is 0 Å². The van der Waals surface area contributed by atoms with Gasteiger partial charge in [-0.15, -0.1) is 0 Å². The van der Waals surface area contributed by atoms with Gasteiger partial charge in [0.1, 0.15) is 30.4 Å². The number of aryl methyl sites for hydroxylation is 3. The van der Waals surface area contributed by atoms with Crippen molar-refractivity contribution in [3.63, 3.8) is 0 Å². The van der Waals surface area contributed by atoms with Crippen LogP contribution in [0, 0.1) is 6.92 Å². The van der Waals surface area contributed by atoms with Gasteiger partial charge in [0.15, 0.2) is 0 Å². The minimum Gasteiger partial charge on any atom is -0.379 e. The highest BCUT2D eigenvalue weighted by Gasteiger charge is 2.32. The molecule has 314 valence electrons. The number of aromatic nitrogens is 5. The summed E-state index contributed by atoms with van der Waals surface area (Å²) in [5.41, 5.74) is 4.22. The molecule has 3 aliphatic rings. The molecule has 3 fully saturated rings. The largest absolute Gasteiger partial charge is 0.379 e. The third-order valence-electron chi connectivity index (χ3n) is 11.7. The van der Waals surface area contributed by atoms with Crippen LogP contribution < -0.4 is 16.3 Å². The number of anilines is 1. The van der Waals surface area contributed by atoms with Crippen molar-refractivity contribution in [1.29, 1.82) is 0 Å². The number of benzene rings is 1. The van der Waals surface area contributed by atoms with Gasteiger partial charge >= 0.3 is 5.69 Å². The fraction of sp³-hybridized carbons (Fsp3) is 0.610. The predicted octanol–water partition coefficient (Wildman–Crippen LogP) is 2.46. The summed E-state index contributed by atoms with van der Waals surface area (Å²) in [7, 11) is 1.71. The number of rotatable bonds is 19. The number of aromatic amines is 1. The topological polar surface area (TPSA) is 187 Å². The van der Waals surface area contributed by atoms with E-state index in [1.54, 1.807) is 17.9 Å². The molecular weight excluding hydrogens is 747 g/mol. The van der Waals surface area contributed by atoms with Crippen LogP contribution in [0.2, 0.25) is 0 Å². The lowest BCUT2D eigenvalue weighted by Crippen LogP contribution is -2.53. The van der Waals surface area contributed by atoms with Crippen LogP contribution in [0.15, 0.2) is 35.5 Å². The number of imidazole rings is 1. The van der Waals surface area contributed by atoms with Crippen molar-refractivity contribution in [2.75, 3.05) is 84.4 Å². The van der Waals surface area contributed by atoms with Crippen molar-refractivity contribution >= 4 is 45.6 Å². The summed E-state index contributed by atoms with van der Waals surface area (Å²) in [6.07, 6.45) is 10.0. The van der Waals surface area contributed by atoms with Gasteiger partial charge in [0.25, 0.3) is 0 Å². The van der Waals surface area contributed by atoms with Crippen LogP contribution in [-0.2, 0) is 46.8 Å². The van der Waals surface area contributed by atoms with E-state index in [2.05, 4.69) is 37.4 Å². The summed E-state index contributed by atoms with van der Waals surface area (Å²) in [4.78, 5) is 66.6. The van der Waals surface area contributed by atoms with Crippen LogP contribution in [0.1, 0.15) is 62.1 Å². The lowest BCUT2D eigenvalue weighted by Gasteiger charge is -2.42. The van der Waals surface area contributed by atoms with Gasteiger partial charge in [-0.25, -0.2) is 14.8 Å². The van der Waals surface area contributed by atoms with Gasteiger partial charge in [0.05, 0.1) is 56.1 Å². The van der Waals surface area contributed by atoms with Crippen LogP contribution in [0.4, 0.5) is 5.82 Å². The van der Waals surface area contributed by atoms with Crippen LogP contribution in [-0.4, -0.2) is 143 Å². The number of hydrogen-bond donors (Lipinski definition) is 3. The fourth-order valence-corrected chi connectivity index (χ4v) is 8.57. The average Bonchev–Trinajstić information content (AvgIpc) is 3.74. The number of nitrogens with zero attached hydrogens (tertiary/aromatic N) is 6. The van der Waals surface area contributed by atoms with E-state index in [1.807, 2.05) is 29.3 Å². The first-order valence-electron chi connectivity index (χ1n) is 20.7. The van der Waals surface area contributed by atoms with Crippen LogP contribution in [0.25, 0.3) is 22.1 Å². The summed E-state index contributed by atoms with van der Waals surface area (Å²) in [5, 5.41) is 7.09. The molecule has 1 aliphatic carbocycles. The van der Waals surface area contributed by atoms with Gasteiger partial charge in [-0.05, 0) is 69.1 Å². The maximum atomic E-state index is 13.1. The van der Waals surface area contributed by atoms with Crippen molar-refractivity contribution in [2.24, 2.45) is 7.05 Å². The molecule has 2 aliphatic heterocycles. The second-order valence-electron chi connectivity index (χ2n) is 15.4. The van der Waals surface area contributed by atoms with E-state index < -0.39 is 11.9 Å². The second kappa shape index (κ2) is 19.8. The van der Waals surface area contributed by atoms with Crippen molar-refractivity contribution in [2.45, 2.75) is 76.4 Å². The van der Waals surface area contributed by atoms with E-state index in [-0.39, 0.29) is 30.5 Å². The van der Waals surface area contributed by atoms with Crippen molar-refractivity contribution in [1.82, 2.24) is 39.2 Å². The number of H-pyrrole nitrogens is 1. The zero-order valence-corrected chi connectivity index (χ0v) is 33.7. The van der Waals surface area contributed by atoms with Gasteiger partial charge in [0, 0.05) is 64.5 Å². The van der Waals surface area contributed by atoms with Gasteiger partial charge in [-0.2, -0.15) is 0 Å². The Kier molecular flexibility index (Phi) is 14.2. The maximum absolute atomic E-state index is 13.1. The third kappa shape index (κ3) is 9.94. The number of amides is 3. The molecule has 58 heavy (non-hydrogen) atoms. The molecule has 2 saturated heterocycles. The number of carbonyl (C=O) groups excluding carboxylic acids is 3. The summed E-state index contributed by atoms with van der Waals surface area (Å²) >= 11 is 0. The molecule has 17 nitrogen and oxygen atoms in total. The van der Waals surface area contributed by atoms with Crippen LogP contribution >= 0.6 is 0 Å². The molecule has 0 spiro atoms.